The minimum Gasteiger partial charge on any atom is -0.465 e. The number of hydrogen-bond acceptors (Lipinski definition) is 13. The Kier molecular flexibility index (Phi) is 10.5. The monoisotopic (exact) mass is 633 g/mol. The maximum atomic E-state index is 13.2. The first-order valence-electron chi connectivity index (χ1n) is 13.2. The molecule has 0 aliphatic carbocycles. The first-order valence-corrected chi connectivity index (χ1v) is 14.0. The summed E-state index contributed by atoms with van der Waals surface area (Å²) in [5.41, 5.74) is 1.25. The molecule has 43 heavy (non-hydrogen) atoms. The lowest BCUT2D eigenvalue weighted by atomic mass is 9.88. The van der Waals surface area contributed by atoms with Crippen LogP contribution >= 0.6 is 24.4 Å². The van der Waals surface area contributed by atoms with Crippen molar-refractivity contribution in [2.45, 2.75) is 56.5 Å². The van der Waals surface area contributed by atoms with E-state index in [2.05, 4.69) is 5.32 Å². The van der Waals surface area contributed by atoms with E-state index in [-0.39, 0.29) is 29.1 Å². The van der Waals surface area contributed by atoms with Crippen LogP contribution in [0, 0.1) is 6.92 Å². The van der Waals surface area contributed by atoms with Crippen LogP contribution in [0.1, 0.15) is 29.3 Å². The molecule has 230 valence electrons. The molecule has 0 saturated carbocycles. The molecule has 2 saturated heterocycles. The van der Waals surface area contributed by atoms with Gasteiger partial charge in [-0.25, -0.2) is 9.59 Å². The Morgan fingerprint density at radius 1 is 1.07 bits per heavy atom. The van der Waals surface area contributed by atoms with Crippen LogP contribution in [0.4, 0.5) is 0 Å². The third-order valence-corrected chi connectivity index (χ3v) is 7.17. The van der Waals surface area contributed by atoms with Gasteiger partial charge >= 0.3 is 22.4 Å². The van der Waals surface area contributed by atoms with Crippen molar-refractivity contribution in [2.24, 2.45) is 0 Å². The number of carbonyl (C=O) groups excluding carboxylic acids is 3. The van der Waals surface area contributed by atoms with Gasteiger partial charge in [-0.1, -0.05) is 35.9 Å². The van der Waals surface area contributed by atoms with Gasteiger partial charge in [0.05, 0.1) is 25.1 Å². The number of esters is 2. The van der Waals surface area contributed by atoms with Gasteiger partial charge < -0.3 is 43.2 Å². The summed E-state index contributed by atoms with van der Waals surface area (Å²) in [7, 11) is 2.38. The number of hydrogen-bond donors (Lipinski definition) is 1. The number of amides is 1. The lowest BCUT2D eigenvalue weighted by Crippen LogP contribution is -2.69. The average molecular weight is 634 g/mol. The molecule has 0 radical (unpaired) electrons. The van der Waals surface area contributed by atoms with E-state index >= 15 is 0 Å². The Bertz CT molecular complexity index is 1340. The molecule has 0 unspecified atom stereocenters. The highest BCUT2D eigenvalue weighted by Crippen LogP contribution is 2.37. The molecule has 1 amide bonds. The Morgan fingerprint density at radius 2 is 1.77 bits per heavy atom. The van der Waals surface area contributed by atoms with E-state index in [1.165, 1.54) is 14.0 Å². The van der Waals surface area contributed by atoms with Crippen LogP contribution < -0.4 is 10.1 Å². The highest BCUT2D eigenvalue weighted by molar-refractivity contribution is 7.80. The van der Waals surface area contributed by atoms with Crippen LogP contribution in [0.5, 0.6) is 5.75 Å². The maximum absolute atomic E-state index is 13.2. The van der Waals surface area contributed by atoms with Gasteiger partial charge in [-0.3, -0.25) is 4.79 Å². The molecule has 2 heterocycles. The minimum absolute atomic E-state index is 0.0873. The van der Waals surface area contributed by atoms with E-state index < -0.39 is 54.1 Å². The second-order valence-corrected chi connectivity index (χ2v) is 10.4. The second kappa shape index (κ2) is 14.1. The fourth-order valence-electron chi connectivity index (χ4n) is 4.72. The largest absolute Gasteiger partial charge is 0.465 e. The van der Waals surface area contributed by atoms with Crippen molar-refractivity contribution < 1.29 is 52.3 Å². The third-order valence-electron chi connectivity index (χ3n) is 6.77. The van der Waals surface area contributed by atoms with Crippen LogP contribution in [-0.2, 0) is 42.7 Å². The molecule has 2 aliphatic heterocycles. The van der Waals surface area contributed by atoms with E-state index in [1.54, 1.807) is 42.5 Å². The first-order chi connectivity index (χ1) is 20.5. The first kappa shape index (κ1) is 32.1. The summed E-state index contributed by atoms with van der Waals surface area (Å²) in [6, 6.07) is 14.2. The summed E-state index contributed by atoms with van der Waals surface area (Å²) in [5, 5.41) is 2.27. The van der Waals surface area contributed by atoms with E-state index in [9.17, 15) is 14.4 Å². The molecule has 12 nitrogen and oxygen atoms in total. The van der Waals surface area contributed by atoms with E-state index in [4.69, 9.17) is 62.3 Å². The predicted octanol–water partition coefficient (Wildman–Crippen LogP) is 2.78. The molecule has 0 spiro atoms. The SMILES string of the molecule is COC(=O)[C@]1(OC)C[C@H](OC(=O)c2ccccc2)[C@@H](NC(C)=O)[C@H]([C@H](OC(=S)Oc2ccc(C)cc2)[C@H]2COC(=S)O2)O1. The normalized spacial score (nSPS) is 25.3. The van der Waals surface area contributed by atoms with Crippen LogP contribution in [0.2, 0.25) is 0 Å². The van der Waals surface area contributed by atoms with Gasteiger partial charge in [-0.15, -0.1) is 0 Å². The van der Waals surface area contributed by atoms with Crippen molar-refractivity contribution in [1.82, 2.24) is 5.32 Å². The van der Waals surface area contributed by atoms with Crippen molar-refractivity contribution >= 4 is 52.8 Å². The smallest absolute Gasteiger partial charge is 0.366 e. The lowest BCUT2D eigenvalue weighted by molar-refractivity contribution is -0.302. The van der Waals surface area contributed by atoms with Crippen LogP contribution in [-0.4, -0.2) is 85.4 Å². The fraction of sp³-hybridized carbons (Fsp3) is 0.414. The Labute approximate surface area is 258 Å². The zero-order chi connectivity index (χ0) is 31.1. The summed E-state index contributed by atoms with van der Waals surface area (Å²) in [6.07, 6.45) is -5.05. The zero-order valence-corrected chi connectivity index (χ0v) is 25.4. The van der Waals surface area contributed by atoms with Gasteiger partial charge in [0.25, 0.3) is 5.79 Å². The van der Waals surface area contributed by atoms with Gasteiger partial charge in [0.15, 0.2) is 12.2 Å². The van der Waals surface area contributed by atoms with Crippen molar-refractivity contribution in [3.8, 4) is 5.75 Å². The van der Waals surface area contributed by atoms with Crippen LogP contribution in [0.3, 0.4) is 0 Å². The van der Waals surface area contributed by atoms with Gasteiger partial charge in [-0.2, -0.15) is 0 Å². The molecule has 2 fully saturated rings. The molecule has 6 atom stereocenters. The molecule has 2 aromatic rings. The molecule has 2 aromatic carbocycles. The van der Waals surface area contributed by atoms with E-state index in [1.807, 2.05) is 19.1 Å². The van der Waals surface area contributed by atoms with Gasteiger partial charge in [0.1, 0.15) is 24.6 Å². The summed E-state index contributed by atoms with van der Waals surface area (Å²) in [6.45, 7) is 3.11. The van der Waals surface area contributed by atoms with E-state index in [0.717, 1.165) is 12.7 Å². The average Bonchev–Trinajstić information content (AvgIpc) is 3.43. The van der Waals surface area contributed by atoms with Crippen molar-refractivity contribution in [3.63, 3.8) is 0 Å². The molecule has 4 rings (SSSR count). The molecule has 14 heteroatoms. The molecule has 0 aromatic heterocycles. The van der Waals surface area contributed by atoms with Crippen molar-refractivity contribution in [1.29, 1.82) is 0 Å². The number of benzene rings is 2. The van der Waals surface area contributed by atoms with Crippen LogP contribution in [0.15, 0.2) is 54.6 Å². The molecule has 1 N–H and O–H groups in total. The Hall–Kier alpha value is -3.85. The number of rotatable bonds is 9. The van der Waals surface area contributed by atoms with E-state index in [0.29, 0.717) is 5.75 Å². The fourth-order valence-corrected chi connectivity index (χ4v) is 5.12. The topological polar surface area (TPSA) is 137 Å². The van der Waals surface area contributed by atoms with Crippen LogP contribution in [0.25, 0.3) is 0 Å². The molecule has 0 bridgehead atoms. The predicted molar refractivity (Wildman–Crippen MR) is 157 cm³/mol. The minimum atomic E-state index is -2.09. The number of nitrogens with one attached hydrogen (secondary N) is 1. The highest BCUT2D eigenvalue weighted by atomic mass is 32.1. The molecular formula is C29H31NO11S2. The Morgan fingerprint density at radius 3 is 2.35 bits per heavy atom. The summed E-state index contributed by atoms with van der Waals surface area (Å²) < 4.78 is 45.5. The molecular weight excluding hydrogens is 602 g/mol. The standard InChI is InChI=1S/C29H31NO11S2/c1-16-10-12-19(13-11-16)37-28(43)40-23(21-15-36-27(42)39-21)24-22(30-17(2)31)20(14-29(35-4,41-24)26(33)34-3)38-25(32)18-8-6-5-7-9-18/h5-13,20-24H,14-15H2,1-4H3,(H,30,31)/t20-,21+,22+,23+,24+,29-/m0/s1. The number of methoxy groups -OCH3 is 2. The molecule has 2 aliphatic rings. The van der Waals surface area contributed by atoms with Crippen molar-refractivity contribution in [2.75, 3.05) is 20.8 Å². The Balaban J connectivity index is 1.74. The van der Waals surface area contributed by atoms with Gasteiger partial charge in [0.2, 0.25) is 5.91 Å². The summed E-state index contributed by atoms with van der Waals surface area (Å²) >= 11 is 10.5. The number of carbonyl (C=O) groups is 3. The maximum Gasteiger partial charge on any atom is 0.366 e. The lowest BCUT2D eigenvalue weighted by Gasteiger charge is -2.47. The number of ether oxygens (including phenoxy) is 8. The summed E-state index contributed by atoms with van der Waals surface area (Å²) in [4.78, 5) is 38.8. The zero-order valence-electron chi connectivity index (χ0n) is 23.8. The van der Waals surface area contributed by atoms with Gasteiger partial charge in [-0.05, 0) is 31.2 Å². The van der Waals surface area contributed by atoms with Crippen molar-refractivity contribution in [3.05, 3.63) is 65.7 Å². The van der Waals surface area contributed by atoms with Gasteiger partial charge in [0, 0.05) is 38.5 Å². The second-order valence-electron chi connectivity index (χ2n) is 9.74. The summed E-state index contributed by atoms with van der Waals surface area (Å²) in [5.74, 6) is -3.81. The number of aryl methyl sites for hydroxylation is 1. The quantitative estimate of drug-likeness (QED) is 0.320. The third kappa shape index (κ3) is 7.76. The number of thiocarbonyl (C=S) groups is 2. The highest BCUT2D eigenvalue weighted by Gasteiger charge is 2.59.